The molecule has 1 atom stereocenters. The van der Waals surface area contributed by atoms with Crippen molar-refractivity contribution in [3.63, 3.8) is 0 Å². The molecule has 0 saturated carbocycles. The molecule has 2 rings (SSSR count). The van der Waals surface area contributed by atoms with E-state index in [2.05, 4.69) is 43.8 Å². The van der Waals surface area contributed by atoms with E-state index < -0.39 is 6.04 Å². The third-order valence-electron chi connectivity index (χ3n) is 2.64. The van der Waals surface area contributed by atoms with Gasteiger partial charge < -0.3 is 5.32 Å². The Bertz CT molecular complexity index is 492. The molecule has 0 radical (unpaired) electrons. The number of nitrogens with one attached hydrogen (secondary N) is 1. The van der Waals surface area contributed by atoms with Crippen LogP contribution in [0.25, 0.3) is 0 Å². The average Bonchev–Trinajstić information content (AvgIpc) is 2.50. The number of likely N-dealkylation sites (tertiary alicyclic amines) is 1. The highest BCUT2D eigenvalue weighted by Crippen LogP contribution is 2.26. The number of hydrogen-bond donors (Lipinski definition) is 1. The summed E-state index contributed by atoms with van der Waals surface area (Å²) in [5.41, 5.74) is 0.826. The monoisotopic (exact) mass is 408 g/mol. The third kappa shape index (κ3) is 2.62. The van der Waals surface area contributed by atoms with Gasteiger partial charge in [-0.15, -0.1) is 0 Å². The zero-order valence-corrected chi connectivity index (χ0v) is 12.8. The molecular weight excluding hydrogens is 399 g/mol. The van der Waals surface area contributed by atoms with Crippen LogP contribution in [0.15, 0.2) is 22.7 Å². The SMILES string of the molecule is CN1C(=O)CC(Nc2ccc(I)cc2Br)C1=O. The maximum atomic E-state index is 11.7. The maximum absolute atomic E-state index is 11.7. The van der Waals surface area contributed by atoms with Crippen molar-refractivity contribution < 1.29 is 9.59 Å². The number of carbonyl (C=O) groups excluding carboxylic acids is 2. The Hall–Kier alpha value is -0.630. The highest BCUT2D eigenvalue weighted by Gasteiger charge is 2.36. The van der Waals surface area contributed by atoms with E-state index in [-0.39, 0.29) is 18.2 Å². The number of benzene rings is 1. The lowest BCUT2D eigenvalue weighted by Gasteiger charge is -2.13. The summed E-state index contributed by atoms with van der Waals surface area (Å²) in [6.07, 6.45) is 0.216. The van der Waals surface area contributed by atoms with Crippen LogP contribution in [0.4, 0.5) is 5.69 Å². The molecule has 90 valence electrons. The summed E-state index contributed by atoms with van der Waals surface area (Å²) in [7, 11) is 1.51. The Kier molecular flexibility index (Phi) is 3.72. The fourth-order valence-corrected chi connectivity index (χ4v) is 3.07. The fraction of sp³-hybridized carbons (Fsp3) is 0.273. The van der Waals surface area contributed by atoms with E-state index in [1.165, 1.54) is 7.05 Å². The zero-order valence-electron chi connectivity index (χ0n) is 9.04. The van der Waals surface area contributed by atoms with Crippen molar-refractivity contribution in [3.8, 4) is 0 Å². The molecule has 0 aliphatic carbocycles. The van der Waals surface area contributed by atoms with Gasteiger partial charge in [-0.05, 0) is 56.7 Å². The Morgan fingerprint density at radius 2 is 2.18 bits per heavy atom. The van der Waals surface area contributed by atoms with Gasteiger partial charge >= 0.3 is 0 Å². The number of likely N-dealkylation sites (N-methyl/N-ethyl adjacent to an activating group) is 1. The molecule has 1 N–H and O–H groups in total. The van der Waals surface area contributed by atoms with Crippen molar-refractivity contribution >= 4 is 56.0 Å². The second-order valence-corrected chi connectivity index (χ2v) is 5.92. The van der Waals surface area contributed by atoms with E-state index >= 15 is 0 Å². The first kappa shape index (κ1) is 12.8. The number of amides is 2. The van der Waals surface area contributed by atoms with Crippen LogP contribution in [0.3, 0.4) is 0 Å². The van der Waals surface area contributed by atoms with Gasteiger partial charge in [-0.2, -0.15) is 0 Å². The van der Waals surface area contributed by atoms with Crippen LogP contribution in [-0.2, 0) is 9.59 Å². The van der Waals surface area contributed by atoms with Crippen molar-refractivity contribution in [2.24, 2.45) is 0 Å². The van der Waals surface area contributed by atoms with Gasteiger partial charge in [-0.25, -0.2) is 0 Å². The zero-order chi connectivity index (χ0) is 12.6. The summed E-state index contributed by atoms with van der Waals surface area (Å²) in [5, 5.41) is 3.08. The number of halogens is 2. The van der Waals surface area contributed by atoms with Crippen LogP contribution >= 0.6 is 38.5 Å². The second-order valence-electron chi connectivity index (χ2n) is 3.82. The van der Waals surface area contributed by atoms with E-state index in [4.69, 9.17) is 0 Å². The predicted molar refractivity (Wildman–Crippen MR) is 76.7 cm³/mol. The Labute approximate surface area is 121 Å². The van der Waals surface area contributed by atoms with Crippen molar-refractivity contribution in [1.29, 1.82) is 0 Å². The first-order valence-electron chi connectivity index (χ1n) is 5.01. The van der Waals surface area contributed by atoms with Gasteiger partial charge in [0.1, 0.15) is 6.04 Å². The van der Waals surface area contributed by atoms with E-state index in [9.17, 15) is 9.59 Å². The van der Waals surface area contributed by atoms with E-state index in [0.29, 0.717) is 0 Å². The summed E-state index contributed by atoms with van der Waals surface area (Å²) < 4.78 is 1.99. The molecule has 0 aromatic heterocycles. The highest BCUT2D eigenvalue weighted by molar-refractivity contribution is 14.1. The van der Waals surface area contributed by atoms with Crippen LogP contribution < -0.4 is 5.32 Å². The normalized spacial score (nSPS) is 19.9. The minimum absolute atomic E-state index is 0.144. The number of imide groups is 1. The minimum atomic E-state index is -0.455. The lowest BCUT2D eigenvalue weighted by molar-refractivity contribution is -0.136. The molecule has 2 amide bonds. The molecule has 1 saturated heterocycles. The van der Waals surface area contributed by atoms with Crippen LogP contribution in [-0.4, -0.2) is 29.8 Å². The van der Waals surface area contributed by atoms with Gasteiger partial charge in [0.15, 0.2) is 0 Å². The number of carbonyl (C=O) groups is 2. The van der Waals surface area contributed by atoms with Gasteiger partial charge in [0.05, 0.1) is 6.42 Å². The first-order valence-corrected chi connectivity index (χ1v) is 6.88. The molecule has 17 heavy (non-hydrogen) atoms. The average molecular weight is 409 g/mol. The second kappa shape index (κ2) is 4.93. The number of rotatable bonds is 2. The number of nitrogens with zero attached hydrogens (tertiary/aromatic N) is 1. The number of anilines is 1. The first-order chi connectivity index (χ1) is 7.99. The van der Waals surface area contributed by atoms with Gasteiger partial charge in [-0.1, -0.05) is 0 Å². The maximum Gasteiger partial charge on any atom is 0.251 e. The number of hydrogen-bond acceptors (Lipinski definition) is 3. The van der Waals surface area contributed by atoms with Crippen LogP contribution in [0, 0.1) is 3.57 Å². The van der Waals surface area contributed by atoms with Crippen LogP contribution in [0.2, 0.25) is 0 Å². The third-order valence-corrected chi connectivity index (χ3v) is 3.97. The van der Waals surface area contributed by atoms with Gasteiger partial charge in [0, 0.05) is 20.8 Å². The van der Waals surface area contributed by atoms with Crippen molar-refractivity contribution in [3.05, 3.63) is 26.2 Å². The molecule has 1 aliphatic heterocycles. The summed E-state index contributed by atoms with van der Waals surface area (Å²) >= 11 is 5.64. The standard InChI is InChI=1S/C11H10BrIN2O2/c1-15-10(16)5-9(11(15)17)14-8-3-2-6(13)4-7(8)12/h2-4,9,14H,5H2,1H3. The molecule has 1 aliphatic rings. The van der Waals surface area contributed by atoms with E-state index in [1.54, 1.807) is 0 Å². The van der Waals surface area contributed by atoms with Crippen molar-refractivity contribution in [2.75, 3.05) is 12.4 Å². The smallest absolute Gasteiger partial charge is 0.251 e. The molecule has 6 heteroatoms. The molecule has 0 bridgehead atoms. The largest absolute Gasteiger partial charge is 0.372 e. The molecule has 1 heterocycles. The fourth-order valence-electron chi connectivity index (χ4n) is 1.66. The Balaban J connectivity index is 2.17. The summed E-state index contributed by atoms with van der Waals surface area (Å²) in [6, 6.07) is 5.33. The summed E-state index contributed by atoms with van der Waals surface area (Å²) in [6.45, 7) is 0. The summed E-state index contributed by atoms with van der Waals surface area (Å²) in [5.74, 6) is -0.324. The minimum Gasteiger partial charge on any atom is -0.372 e. The Morgan fingerprint density at radius 1 is 1.47 bits per heavy atom. The van der Waals surface area contributed by atoms with Crippen molar-refractivity contribution in [2.45, 2.75) is 12.5 Å². The molecule has 0 spiro atoms. The molecule has 1 unspecified atom stereocenters. The van der Waals surface area contributed by atoms with Crippen LogP contribution in [0.1, 0.15) is 6.42 Å². The predicted octanol–water partition coefficient (Wildman–Crippen LogP) is 2.22. The highest BCUT2D eigenvalue weighted by atomic mass is 127. The molecular formula is C11H10BrIN2O2. The van der Waals surface area contributed by atoms with Crippen LogP contribution in [0.5, 0.6) is 0 Å². The molecule has 1 fully saturated rings. The quantitative estimate of drug-likeness (QED) is 0.603. The van der Waals surface area contributed by atoms with Gasteiger partial charge in [0.2, 0.25) is 5.91 Å². The summed E-state index contributed by atoms with van der Waals surface area (Å²) in [4.78, 5) is 24.3. The van der Waals surface area contributed by atoms with E-state index in [1.807, 2.05) is 18.2 Å². The lowest BCUT2D eigenvalue weighted by atomic mass is 10.2. The molecule has 1 aromatic rings. The topological polar surface area (TPSA) is 49.4 Å². The van der Waals surface area contributed by atoms with Gasteiger partial charge in [-0.3, -0.25) is 14.5 Å². The molecule has 1 aromatic carbocycles. The lowest BCUT2D eigenvalue weighted by Crippen LogP contribution is -2.31. The van der Waals surface area contributed by atoms with E-state index in [0.717, 1.165) is 18.6 Å². The van der Waals surface area contributed by atoms with Gasteiger partial charge in [0.25, 0.3) is 5.91 Å². The Morgan fingerprint density at radius 3 is 2.71 bits per heavy atom. The van der Waals surface area contributed by atoms with Crippen molar-refractivity contribution in [1.82, 2.24) is 4.90 Å². The molecule has 4 nitrogen and oxygen atoms in total.